The van der Waals surface area contributed by atoms with Crippen molar-refractivity contribution >= 4 is 40.9 Å². The predicted molar refractivity (Wildman–Crippen MR) is 219 cm³/mol. The summed E-state index contributed by atoms with van der Waals surface area (Å²) < 4.78 is 7.79. The van der Waals surface area contributed by atoms with Gasteiger partial charge < -0.3 is 20.1 Å². The van der Waals surface area contributed by atoms with E-state index >= 15 is 0 Å². The van der Waals surface area contributed by atoms with Crippen LogP contribution in [0.5, 0.6) is 0 Å². The number of aliphatic hydroxyl groups excluding tert-OH is 1. The Morgan fingerprint density at radius 1 is 0.800 bits per heavy atom. The van der Waals surface area contributed by atoms with Crippen LogP contribution in [0.3, 0.4) is 0 Å². The lowest BCUT2D eigenvalue weighted by molar-refractivity contribution is -0.467. The van der Waals surface area contributed by atoms with E-state index in [2.05, 4.69) is 42.4 Å². The van der Waals surface area contributed by atoms with Crippen LogP contribution in [-0.4, -0.2) is 84.2 Å². The first-order valence-corrected chi connectivity index (χ1v) is 22.8. The summed E-state index contributed by atoms with van der Waals surface area (Å²) in [5.74, 6) is 0.895. The van der Waals surface area contributed by atoms with Crippen LogP contribution in [-0.2, 0) is 14.3 Å². The number of carbonyl (C=O) groups excluding carboxylic acids is 2. The van der Waals surface area contributed by atoms with Crippen LogP contribution in [0.2, 0.25) is 0 Å². The van der Waals surface area contributed by atoms with E-state index in [0.29, 0.717) is 24.4 Å². The van der Waals surface area contributed by atoms with Gasteiger partial charge in [-0.2, -0.15) is 0 Å². The number of rotatable bonds is 37. The quantitative estimate of drug-likeness (QED) is 0.0146. The highest BCUT2D eigenvalue weighted by atomic mass is 33.1. The summed E-state index contributed by atoms with van der Waals surface area (Å²) in [5, 5.41) is 12.8. The molecule has 0 fully saturated rings. The van der Waals surface area contributed by atoms with Crippen LogP contribution >= 0.6 is 22.5 Å². The fourth-order valence-corrected chi connectivity index (χ4v) is 7.66. The van der Waals surface area contributed by atoms with Gasteiger partial charge in [-0.15, -0.1) is 11.7 Å². The van der Waals surface area contributed by atoms with E-state index in [1.165, 1.54) is 116 Å². The molecular formula is C41H78N3O4S2+. The minimum Gasteiger partial charge on any atom is -0.462 e. The molecule has 0 heterocycles. The molecule has 0 saturated heterocycles. The third-order valence-corrected chi connectivity index (χ3v) is 11.1. The number of ether oxygens (including phenoxy) is 1. The number of likely N-dealkylation sites (N-methyl/N-ethyl adjacent to an activating group) is 1. The average Bonchev–Trinajstić information content (AvgIpc) is 3.11. The number of Topliss-reactive ketones (excluding diaryl/α,β-unsaturated/α-hetero) is 1. The van der Waals surface area contributed by atoms with Crippen molar-refractivity contribution in [3.05, 3.63) is 11.4 Å². The summed E-state index contributed by atoms with van der Waals surface area (Å²) in [6.45, 7) is 12.4. The van der Waals surface area contributed by atoms with Gasteiger partial charge in [0.2, 0.25) is 0 Å². The Morgan fingerprint density at radius 3 is 1.82 bits per heavy atom. The monoisotopic (exact) mass is 741 g/mol. The van der Waals surface area contributed by atoms with Crippen LogP contribution in [0, 0.1) is 0 Å². The number of nitrogens with one attached hydrogen (secondary N) is 1. The highest BCUT2D eigenvalue weighted by Gasteiger charge is 2.45. The van der Waals surface area contributed by atoms with E-state index in [9.17, 15) is 14.7 Å². The van der Waals surface area contributed by atoms with Gasteiger partial charge in [0, 0.05) is 32.2 Å². The highest BCUT2D eigenvalue weighted by molar-refractivity contribution is 8.68. The van der Waals surface area contributed by atoms with Crippen LogP contribution in [0.1, 0.15) is 181 Å². The Hall–Kier alpha value is -1.03. The number of hydrogen-bond acceptors (Lipinski definition) is 8. The topological polar surface area (TPSA) is 81.9 Å². The largest absolute Gasteiger partial charge is 0.462 e. The molecule has 1 aliphatic rings. The number of aliphatic hydroxyl groups is 1. The van der Waals surface area contributed by atoms with Crippen LogP contribution in [0.15, 0.2) is 11.4 Å². The minimum absolute atomic E-state index is 0.0117. The Morgan fingerprint density at radius 2 is 1.28 bits per heavy atom. The number of nitrogens with zero attached hydrogens (tertiary/aromatic N) is 2. The smallest absolute Gasteiger partial charge is 0.306 e. The number of ketones is 1. The fraction of sp³-hybridized carbons (Fsp3) is 0.878. The molecule has 0 saturated carbocycles. The van der Waals surface area contributed by atoms with Gasteiger partial charge in [-0.3, -0.25) is 9.59 Å². The van der Waals surface area contributed by atoms with Crippen molar-refractivity contribution in [3.63, 3.8) is 0 Å². The van der Waals surface area contributed by atoms with Crippen molar-refractivity contribution in [2.45, 2.75) is 193 Å². The molecule has 0 amide bonds. The van der Waals surface area contributed by atoms with Crippen molar-refractivity contribution in [1.82, 2.24) is 10.2 Å². The van der Waals surface area contributed by atoms with Crippen molar-refractivity contribution < 1.29 is 24.0 Å². The fourth-order valence-electron chi connectivity index (χ4n) is 6.94. The first kappa shape index (κ1) is 47.0. The molecule has 0 aromatic carbocycles. The zero-order chi connectivity index (χ0) is 36.7. The van der Waals surface area contributed by atoms with Gasteiger partial charge >= 0.3 is 5.97 Å². The summed E-state index contributed by atoms with van der Waals surface area (Å²) in [6, 6.07) is 0. The molecule has 0 bridgehead atoms. The highest BCUT2D eigenvalue weighted by Crippen LogP contribution is 2.23. The second-order valence-corrected chi connectivity index (χ2v) is 16.0. The van der Waals surface area contributed by atoms with E-state index in [4.69, 9.17) is 4.74 Å². The summed E-state index contributed by atoms with van der Waals surface area (Å²) in [5.41, 5.74) is 1.09. The lowest BCUT2D eigenvalue weighted by atomic mass is 9.94. The first-order chi connectivity index (χ1) is 24.4. The van der Waals surface area contributed by atoms with E-state index in [0.717, 1.165) is 70.3 Å². The lowest BCUT2D eigenvalue weighted by Gasteiger charge is -2.25. The molecule has 50 heavy (non-hydrogen) atoms. The van der Waals surface area contributed by atoms with Crippen molar-refractivity contribution in [2.75, 3.05) is 39.0 Å². The lowest BCUT2D eigenvalue weighted by Crippen LogP contribution is -2.46. The third kappa shape index (κ3) is 22.8. The Balaban J connectivity index is 2.38. The predicted octanol–water partition coefficient (Wildman–Crippen LogP) is 10.0. The molecule has 0 aliphatic heterocycles. The zero-order valence-corrected chi connectivity index (χ0v) is 34.4. The van der Waals surface area contributed by atoms with Crippen LogP contribution in [0.25, 0.3) is 0 Å². The summed E-state index contributed by atoms with van der Waals surface area (Å²) >= 11 is 4.24. The second-order valence-electron chi connectivity index (χ2n) is 14.6. The molecule has 0 aromatic rings. The van der Waals surface area contributed by atoms with Crippen molar-refractivity contribution in [1.29, 1.82) is 0 Å². The first-order valence-electron chi connectivity index (χ1n) is 20.8. The van der Waals surface area contributed by atoms with E-state index < -0.39 is 6.10 Å². The number of esters is 1. The van der Waals surface area contributed by atoms with Gasteiger partial charge in [0.05, 0.1) is 0 Å². The maximum Gasteiger partial charge on any atom is 0.306 e. The number of unbranched alkanes of at least 4 members (excludes halogenated alkanes) is 18. The summed E-state index contributed by atoms with van der Waals surface area (Å²) in [4.78, 5) is 27.5. The Bertz CT molecular complexity index is 900. The number of carbonyl (C=O) groups is 2. The molecule has 7 nitrogen and oxygen atoms in total. The maximum atomic E-state index is 12.8. The molecule has 1 atom stereocenters. The van der Waals surface area contributed by atoms with Gasteiger partial charge in [0.15, 0.2) is 6.10 Å². The average molecular weight is 741 g/mol. The maximum absolute atomic E-state index is 12.8. The molecule has 1 rings (SSSR count). The van der Waals surface area contributed by atoms with E-state index in [-0.39, 0.29) is 17.9 Å². The number of hydrogen-bond donors (Lipinski definition) is 3. The Labute approximate surface area is 317 Å². The summed E-state index contributed by atoms with van der Waals surface area (Å²) in [7, 11) is 3.36. The van der Waals surface area contributed by atoms with Crippen molar-refractivity contribution in [2.24, 2.45) is 0 Å². The molecule has 9 heteroatoms. The van der Waals surface area contributed by atoms with Crippen LogP contribution < -0.4 is 5.32 Å². The van der Waals surface area contributed by atoms with Crippen molar-refractivity contribution in [3.8, 4) is 0 Å². The van der Waals surface area contributed by atoms with Gasteiger partial charge in [0.25, 0.3) is 11.5 Å². The number of thiol groups is 1. The third-order valence-electron chi connectivity index (χ3n) is 10.1. The molecule has 0 spiro atoms. The summed E-state index contributed by atoms with van der Waals surface area (Å²) in [6.07, 6.45) is 29.7. The molecule has 292 valence electrons. The Kier molecular flexibility index (Phi) is 30.6. The molecule has 1 unspecified atom stereocenters. The molecular weight excluding hydrogens is 663 g/mol. The van der Waals surface area contributed by atoms with E-state index in [1.807, 2.05) is 0 Å². The normalized spacial score (nSPS) is 14.5. The molecule has 0 radical (unpaired) electrons. The van der Waals surface area contributed by atoms with Crippen LogP contribution in [0.4, 0.5) is 0 Å². The van der Waals surface area contributed by atoms with Gasteiger partial charge in [-0.25, -0.2) is 4.58 Å². The molecule has 0 aromatic heterocycles. The van der Waals surface area contributed by atoms with Gasteiger partial charge in [0.1, 0.15) is 25.1 Å². The van der Waals surface area contributed by atoms with Gasteiger partial charge in [-0.1, -0.05) is 127 Å². The van der Waals surface area contributed by atoms with Gasteiger partial charge in [-0.05, 0) is 64.5 Å². The standard InChI is InChI=1S/C41H77N3O4S2/c1-5-7-9-11-15-21-28-36(29-22-16-12-10-8-6-2)48-37(45)30-23-17-13-18-24-32-44(33-25-19-14-20-26-35-50-49)34-27-31-43(4)39-38(42-3)40(46)41(39)47/h36,40,42,46H,4-35H2,1-3H3/p+1. The zero-order valence-electron chi connectivity index (χ0n) is 32.7. The molecule has 2 N–H and O–H groups in total. The second kappa shape index (κ2) is 32.6. The molecule has 1 aliphatic carbocycles. The minimum atomic E-state index is -1.03. The SMILES string of the molecule is C=[N+](CCCN(CCCCCCCSS)CCCCCCCC(=O)OC(CCCCCCCC)CCCCCCCC)C1=C(NC)C(O)C1=O. The van der Waals surface area contributed by atoms with E-state index in [1.54, 1.807) is 22.4 Å².